The summed E-state index contributed by atoms with van der Waals surface area (Å²) in [6.45, 7) is 6.05. The average Bonchev–Trinajstić information content (AvgIpc) is 2.69. The Bertz CT molecular complexity index is 783. The van der Waals surface area contributed by atoms with Crippen molar-refractivity contribution in [3.8, 4) is 11.5 Å². The van der Waals surface area contributed by atoms with Gasteiger partial charge >= 0.3 is 6.03 Å². The van der Waals surface area contributed by atoms with E-state index in [2.05, 4.69) is 37.4 Å². The Morgan fingerprint density at radius 2 is 1.93 bits per heavy atom. The summed E-state index contributed by atoms with van der Waals surface area (Å²) >= 11 is 0. The molecule has 0 radical (unpaired) electrons. The van der Waals surface area contributed by atoms with E-state index in [1.807, 2.05) is 29.2 Å². The van der Waals surface area contributed by atoms with Crippen LogP contribution >= 0.6 is 0 Å². The Morgan fingerprint density at radius 3 is 2.67 bits per heavy atom. The first-order valence-corrected chi connectivity index (χ1v) is 9.45. The Labute approximate surface area is 161 Å². The maximum Gasteiger partial charge on any atom is 0.317 e. The summed E-state index contributed by atoms with van der Waals surface area (Å²) in [6, 6.07) is 14.0. The van der Waals surface area contributed by atoms with E-state index in [4.69, 9.17) is 9.47 Å². The molecule has 1 saturated heterocycles. The molecular weight excluding hydrogens is 340 g/mol. The molecule has 0 unspecified atom stereocenters. The van der Waals surface area contributed by atoms with Crippen LogP contribution in [0.25, 0.3) is 0 Å². The van der Waals surface area contributed by atoms with Gasteiger partial charge in [-0.3, -0.25) is 0 Å². The molecule has 2 aromatic carbocycles. The summed E-state index contributed by atoms with van der Waals surface area (Å²) in [4.78, 5) is 14.3. The first-order chi connectivity index (χ1) is 13.0. The number of ether oxygens (including phenoxy) is 2. The number of carbonyl (C=O) groups excluding carboxylic acids is 1. The van der Waals surface area contributed by atoms with E-state index in [9.17, 15) is 4.79 Å². The minimum Gasteiger partial charge on any atom is -0.497 e. The largest absolute Gasteiger partial charge is 0.497 e. The molecule has 5 nitrogen and oxygen atoms in total. The number of hydrogen-bond acceptors (Lipinski definition) is 3. The zero-order valence-corrected chi connectivity index (χ0v) is 16.3. The van der Waals surface area contributed by atoms with E-state index in [0.717, 1.165) is 35.5 Å². The van der Waals surface area contributed by atoms with Crippen molar-refractivity contribution < 1.29 is 14.3 Å². The van der Waals surface area contributed by atoms with Gasteiger partial charge in [-0.1, -0.05) is 24.3 Å². The molecule has 144 valence electrons. The molecular formula is C22H28N2O3. The van der Waals surface area contributed by atoms with Crippen LogP contribution in [-0.4, -0.2) is 37.2 Å². The smallest absolute Gasteiger partial charge is 0.317 e. The van der Waals surface area contributed by atoms with Crippen LogP contribution in [0.4, 0.5) is 4.79 Å². The molecule has 2 amide bonds. The molecule has 0 spiro atoms. The van der Waals surface area contributed by atoms with Gasteiger partial charge in [-0.15, -0.1) is 0 Å². The van der Waals surface area contributed by atoms with Crippen LogP contribution in [0.1, 0.15) is 29.5 Å². The molecule has 0 aromatic heterocycles. The molecule has 3 rings (SSSR count). The van der Waals surface area contributed by atoms with Crippen molar-refractivity contribution in [3.63, 3.8) is 0 Å². The fourth-order valence-corrected chi connectivity index (χ4v) is 3.26. The van der Waals surface area contributed by atoms with Crippen molar-refractivity contribution in [1.29, 1.82) is 0 Å². The lowest BCUT2D eigenvalue weighted by molar-refractivity contribution is 0.110. The monoisotopic (exact) mass is 368 g/mol. The third-order valence-corrected chi connectivity index (χ3v) is 4.94. The number of aryl methyl sites for hydroxylation is 2. The summed E-state index contributed by atoms with van der Waals surface area (Å²) in [6.07, 6.45) is 1.85. The Kier molecular flexibility index (Phi) is 6.22. The number of hydrogen-bond donors (Lipinski definition) is 1. The van der Waals surface area contributed by atoms with Crippen LogP contribution in [-0.2, 0) is 6.54 Å². The van der Waals surface area contributed by atoms with E-state index in [1.165, 1.54) is 5.56 Å². The van der Waals surface area contributed by atoms with E-state index >= 15 is 0 Å². The molecule has 1 fully saturated rings. The van der Waals surface area contributed by atoms with E-state index in [-0.39, 0.29) is 12.1 Å². The van der Waals surface area contributed by atoms with E-state index in [1.54, 1.807) is 7.11 Å². The number of piperidine rings is 1. The number of nitrogens with zero attached hydrogens (tertiary/aromatic N) is 1. The zero-order chi connectivity index (χ0) is 19.2. The molecule has 0 bridgehead atoms. The minimum absolute atomic E-state index is 0.0250. The van der Waals surface area contributed by atoms with Gasteiger partial charge in [0.15, 0.2) is 0 Å². The number of nitrogens with one attached hydrogen (secondary N) is 1. The van der Waals surface area contributed by atoms with E-state index in [0.29, 0.717) is 19.6 Å². The van der Waals surface area contributed by atoms with Gasteiger partial charge in [0.05, 0.1) is 7.11 Å². The molecule has 0 atom stereocenters. The summed E-state index contributed by atoms with van der Waals surface area (Å²) < 4.78 is 11.4. The van der Waals surface area contributed by atoms with Crippen molar-refractivity contribution in [2.45, 2.75) is 39.3 Å². The van der Waals surface area contributed by atoms with Crippen LogP contribution in [0, 0.1) is 13.8 Å². The average molecular weight is 368 g/mol. The minimum atomic E-state index is -0.0250. The Balaban J connectivity index is 1.47. The molecule has 1 N–H and O–H groups in total. The third kappa shape index (κ3) is 5.16. The van der Waals surface area contributed by atoms with Crippen molar-refractivity contribution >= 4 is 6.03 Å². The number of carbonyl (C=O) groups is 1. The molecule has 5 heteroatoms. The molecule has 0 saturated carbocycles. The second-order valence-corrected chi connectivity index (χ2v) is 7.08. The molecule has 1 aliphatic rings. The number of amides is 2. The molecule has 0 aliphatic carbocycles. The lowest BCUT2D eigenvalue weighted by atomic mass is 10.1. The van der Waals surface area contributed by atoms with Crippen LogP contribution in [0.2, 0.25) is 0 Å². The number of rotatable bonds is 5. The van der Waals surface area contributed by atoms with Gasteiger partial charge in [-0.05, 0) is 48.7 Å². The van der Waals surface area contributed by atoms with Gasteiger partial charge in [-0.2, -0.15) is 0 Å². The number of benzene rings is 2. The summed E-state index contributed by atoms with van der Waals surface area (Å²) in [5.41, 5.74) is 3.37. The highest BCUT2D eigenvalue weighted by atomic mass is 16.5. The van der Waals surface area contributed by atoms with Crippen LogP contribution in [0.3, 0.4) is 0 Å². The predicted octanol–water partition coefficient (Wildman–Crippen LogP) is 4.07. The maximum absolute atomic E-state index is 12.4. The number of methoxy groups -OCH3 is 1. The first kappa shape index (κ1) is 19.1. The number of likely N-dealkylation sites (tertiary alicyclic amines) is 1. The lowest BCUT2D eigenvalue weighted by Gasteiger charge is -2.32. The van der Waals surface area contributed by atoms with Gasteiger partial charge < -0.3 is 19.7 Å². The molecule has 1 aliphatic heterocycles. The van der Waals surface area contributed by atoms with Crippen molar-refractivity contribution in [3.05, 3.63) is 59.2 Å². The summed E-state index contributed by atoms with van der Waals surface area (Å²) in [7, 11) is 1.64. The molecule has 2 aromatic rings. The normalized spacial score (nSPS) is 14.7. The highest BCUT2D eigenvalue weighted by molar-refractivity contribution is 5.74. The zero-order valence-electron chi connectivity index (χ0n) is 16.3. The van der Waals surface area contributed by atoms with Gasteiger partial charge in [0, 0.05) is 32.5 Å². The fraction of sp³-hybridized carbons (Fsp3) is 0.409. The van der Waals surface area contributed by atoms with Crippen LogP contribution < -0.4 is 14.8 Å². The van der Waals surface area contributed by atoms with Crippen molar-refractivity contribution in [2.24, 2.45) is 0 Å². The highest BCUT2D eigenvalue weighted by Gasteiger charge is 2.24. The Hall–Kier alpha value is -2.69. The molecule has 27 heavy (non-hydrogen) atoms. The quantitative estimate of drug-likeness (QED) is 0.866. The SMILES string of the molecule is COc1cccc(CNC(=O)N2CCC(Oc3cc(C)ccc3C)CC2)c1. The summed E-state index contributed by atoms with van der Waals surface area (Å²) in [5, 5.41) is 2.99. The lowest BCUT2D eigenvalue weighted by Crippen LogP contribution is -2.46. The maximum atomic E-state index is 12.4. The second kappa shape index (κ2) is 8.80. The second-order valence-electron chi connectivity index (χ2n) is 7.08. The van der Waals surface area contributed by atoms with Crippen molar-refractivity contribution in [1.82, 2.24) is 10.2 Å². The van der Waals surface area contributed by atoms with Crippen LogP contribution in [0.15, 0.2) is 42.5 Å². The van der Waals surface area contributed by atoms with Crippen molar-refractivity contribution in [2.75, 3.05) is 20.2 Å². The summed E-state index contributed by atoms with van der Waals surface area (Å²) in [5.74, 6) is 1.75. The van der Waals surface area contributed by atoms with Gasteiger partial charge in [-0.25, -0.2) is 4.79 Å². The number of urea groups is 1. The third-order valence-electron chi connectivity index (χ3n) is 4.94. The highest BCUT2D eigenvalue weighted by Crippen LogP contribution is 2.24. The fourth-order valence-electron chi connectivity index (χ4n) is 3.26. The Morgan fingerprint density at radius 1 is 1.15 bits per heavy atom. The standard InChI is InChI=1S/C22H28N2O3/c1-16-7-8-17(2)21(13-16)27-19-9-11-24(12-10-19)22(25)23-15-18-5-4-6-20(14-18)26-3/h4-8,13-14,19H,9-12,15H2,1-3H3,(H,23,25). The van der Waals surface area contributed by atoms with Gasteiger partial charge in [0.1, 0.15) is 17.6 Å². The van der Waals surface area contributed by atoms with E-state index < -0.39 is 0 Å². The predicted molar refractivity (Wildman–Crippen MR) is 106 cm³/mol. The molecule has 1 heterocycles. The first-order valence-electron chi connectivity index (χ1n) is 9.45. The van der Waals surface area contributed by atoms with Gasteiger partial charge in [0.2, 0.25) is 0 Å². The van der Waals surface area contributed by atoms with Crippen LogP contribution in [0.5, 0.6) is 11.5 Å². The topological polar surface area (TPSA) is 50.8 Å². The van der Waals surface area contributed by atoms with Gasteiger partial charge in [0.25, 0.3) is 0 Å².